The number of aromatic nitrogens is 4. The Hall–Kier alpha value is -2.37. The lowest BCUT2D eigenvalue weighted by molar-refractivity contribution is 0.0422. The molecule has 2 aromatic heterocycles. The summed E-state index contributed by atoms with van der Waals surface area (Å²) in [6, 6.07) is 7.15. The van der Waals surface area contributed by atoms with Gasteiger partial charge in [0, 0.05) is 29.6 Å². The zero-order chi connectivity index (χ0) is 20.3. The zero-order valence-electron chi connectivity index (χ0n) is 14.3. The van der Waals surface area contributed by atoms with Crippen molar-refractivity contribution in [3.05, 3.63) is 64.5 Å². The third-order valence-corrected chi connectivity index (χ3v) is 4.35. The number of rotatable bonds is 6. The fourth-order valence-corrected chi connectivity index (χ4v) is 2.72. The minimum atomic E-state index is -3.08. The Morgan fingerprint density at radius 2 is 1.86 bits per heavy atom. The first-order valence-electron chi connectivity index (χ1n) is 7.96. The van der Waals surface area contributed by atoms with Crippen molar-refractivity contribution in [2.75, 3.05) is 6.61 Å². The van der Waals surface area contributed by atoms with E-state index in [0.29, 0.717) is 22.1 Å². The Labute approximate surface area is 162 Å². The van der Waals surface area contributed by atoms with Crippen LogP contribution in [-0.4, -0.2) is 32.0 Å². The van der Waals surface area contributed by atoms with Crippen molar-refractivity contribution in [2.45, 2.75) is 12.2 Å². The summed E-state index contributed by atoms with van der Waals surface area (Å²) >= 11 is 0. The van der Waals surface area contributed by atoms with Crippen LogP contribution in [0.15, 0.2) is 47.5 Å². The second-order valence-corrected chi connectivity index (χ2v) is 7.29. The van der Waals surface area contributed by atoms with E-state index in [4.69, 9.17) is 4.74 Å². The van der Waals surface area contributed by atoms with Gasteiger partial charge in [-0.25, -0.2) is 19.0 Å². The number of alkyl halides is 2. The van der Waals surface area contributed by atoms with Crippen LogP contribution in [0, 0.1) is 5.82 Å². The van der Waals surface area contributed by atoms with Gasteiger partial charge < -0.3 is 4.74 Å². The number of nitrogens with zero attached hydrogens (tertiary/aromatic N) is 4. The molecule has 0 aliphatic carbocycles. The molecular weight excluding hydrogens is 411 g/mol. The molecule has 0 fully saturated rings. The highest BCUT2D eigenvalue weighted by atomic mass is 31.0. The summed E-state index contributed by atoms with van der Waals surface area (Å²) in [7, 11) is 3.78. The molecule has 0 saturated carbocycles. The molecule has 28 heavy (non-hydrogen) atoms. The van der Waals surface area contributed by atoms with E-state index < -0.39 is 23.6 Å². The first-order chi connectivity index (χ1) is 13.2. The molecule has 2 atom stereocenters. The lowest BCUT2D eigenvalue weighted by atomic mass is 10.2. The lowest BCUT2D eigenvalue weighted by Gasteiger charge is -2.11. The van der Waals surface area contributed by atoms with Gasteiger partial charge in [-0.05, 0) is 17.4 Å². The second kappa shape index (κ2) is 8.33. The molecule has 0 bridgehead atoms. The highest BCUT2D eigenvalue weighted by molar-refractivity contribution is 7.27. The van der Waals surface area contributed by atoms with Crippen LogP contribution < -0.4 is 15.6 Å². The molecule has 0 saturated heterocycles. The molecule has 0 N–H and O–H groups in total. The number of hydrogen-bond donors (Lipinski definition) is 0. The minimum Gasteiger partial charge on any atom is -0.457 e. The molecule has 3 aromatic rings. The molecule has 146 valence electrons. The molecule has 3 rings (SSSR count). The third kappa shape index (κ3) is 5.12. The summed E-state index contributed by atoms with van der Waals surface area (Å²) in [6.45, 7) is -0.927. The quantitative estimate of drug-likeness (QED) is 0.566. The molecule has 1 aromatic carbocycles. The molecule has 2 heterocycles. The minimum absolute atomic E-state index is 0.0521. The maximum Gasteiger partial charge on any atom is 0.316 e. The average molecular weight is 426 g/mol. The van der Waals surface area contributed by atoms with Crippen molar-refractivity contribution in [3.8, 4) is 17.3 Å². The first kappa shape index (κ1) is 20.4. The average Bonchev–Trinajstić information content (AvgIpc) is 2.64. The fraction of sp³-hybridized carbons (Fsp3) is 0.176. The van der Waals surface area contributed by atoms with Crippen molar-refractivity contribution < 1.29 is 17.9 Å². The zero-order valence-corrected chi connectivity index (χ0v) is 16.7. The number of ether oxygens (including phenoxy) is 1. The highest BCUT2D eigenvalue weighted by Crippen LogP contribution is 2.22. The summed E-state index contributed by atoms with van der Waals surface area (Å²) < 4.78 is 45.5. The standard InChI is InChI=1S/C17H15F3N4O2P2/c18-12-2-1-3-14(27)11(12)8-24-15(25)5-4-13(23-24)10-6-21-16(22-7-10)26-9-17(19,20)28/h1-7H,8-9,27-28H2. The Bertz CT molecular complexity index is 1020. The summed E-state index contributed by atoms with van der Waals surface area (Å²) in [4.78, 5) is 19.8. The second-order valence-electron chi connectivity index (χ2n) is 5.83. The lowest BCUT2D eigenvalue weighted by Crippen LogP contribution is -2.25. The molecule has 6 nitrogen and oxygen atoms in total. The summed E-state index contributed by atoms with van der Waals surface area (Å²) in [5.74, 6) is -0.442. The van der Waals surface area contributed by atoms with Crippen LogP contribution in [0.5, 0.6) is 6.01 Å². The van der Waals surface area contributed by atoms with Gasteiger partial charge in [0.2, 0.25) is 0 Å². The Morgan fingerprint density at radius 3 is 2.50 bits per heavy atom. The van der Waals surface area contributed by atoms with Crippen molar-refractivity contribution in [2.24, 2.45) is 0 Å². The van der Waals surface area contributed by atoms with Crippen molar-refractivity contribution in [1.29, 1.82) is 0 Å². The van der Waals surface area contributed by atoms with Gasteiger partial charge in [0.1, 0.15) is 5.82 Å². The van der Waals surface area contributed by atoms with E-state index in [1.165, 1.54) is 39.8 Å². The van der Waals surface area contributed by atoms with E-state index in [1.807, 2.05) is 0 Å². The number of benzene rings is 1. The van der Waals surface area contributed by atoms with E-state index in [9.17, 15) is 18.0 Å². The van der Waals surface area contributed by atoms with Crippen LogP contribution >= 0.6 is 18.5 Å². The van der Waals surface area contributed by atoms with Gasteiger partial charge in [-0.2, -0.15) is 13.9 Å². The Balaban J connectivity index is 1.84. The van der Waals surface area contributed by atoms with Gasteiger partial charge in [-0.15, -0.1) is 9.24 Å². The van der Waals surface area contributed by atoms with Crippen molar-refractivity contribution >= 4 is 23.8 Å². The van der Waals surface area contributed by atoms with Crippen LogP contribution in [0.3, 0.4) is 0 Å². The summed E-state index contributed by atoms with van der Waals surface area (Å²) in [5, 5.41) is 4.84. The van der Waals surface area contributed by atoms with Crippen molar-refractivity contribution in [3.63, 3.8) is 0 Å². The molecule has 11 heteroatoms. The largest absolute Gasteiger partial charge is 0.457 e. The molecule has 0 aliphatic heterocycles. The molecule has 0 radical (unpaired) electrons. The Kier molecular flexibility index (Phi) is 6.06. The van der Waals surface area contributed by atoms with Gasteiger partial charge in [0.25, 0.3) is 11.2 Å². The highest BCUT2D eigenvalue weighted by Gasteiger charge is 2.22. The normalized spacial score (nSPS) is 11.5. The number of halogens is 3. The third-order valence-electron chi connectivity index (χ3n) is 3.65. The molecule has 0 aliphatic rings. The first-order valence-corrected chi connectivity index (χ1v) is 9.11. The number of hydrogen-bond acceptors (Lipinski definition) is 5. The molecule has 0 spiro atoms. The van der Waals surface area contributed by atoms with Crippen LogP contribution in [0.4, 0.5) is 13.2 Å². The SMILES string of the molecule is O=c1ccc(-c2cnc(OCC(F)(F)P)nc2)nn1Cc1c(F)cccc1P. The maximum absolute atomic E-state index is 14.0. The van der Waals surface area contributed by atoms with E-state index in [-0.39, 0.29) is 12.6 Å². The van der Waals surface area contributed by atoms with Gasteiger partial charge in [0.15, 0.2) is 6.61 Å². The molecule has 0 amide bonds. The van der Waals surface area contributed by atoms with Crippen LogP contribution in [0.25, 0.3) is 11.3 Å². The topological polar surface area (TPSA) is 69.9 Å². The van der Waals surface area contributed by atoms with E-state index in [0.717, 1.165) is 4.68 Å². The van der Waals surface area contributed by atoms with Crippen LogP contribution in [0.1, 0.15) is 5.56 Å². The van der Waals surface area contributed by atoms with E-state index >= 15 is 0 Å². The van der Waals surface area contributed by atoms with Crippen LogP contribution in [0.2, 0.25) is 0 Å². The smallest absolute Gasteiger partial charge is 0.316 e. The summed E-state index contributed by atoms with van der Waals surface area (Å²) in [6.07, 6.45) is 2.68. The van der Waals surface area contributed by atoms with E-state index in [2.05, 4.69) is 24.3 Å². The summed E-state index contributed by atoms with van der Waals surface area (Å²) in [5.41, 5.74) is -2.34. The van der Waals surface area contributed by atoms with E-state index in [1.54, 1.807) is 12.1 Å². The molecular formula is C17H15F3N4O2P2. The monoisotopic (exact) mass is 426 g/mol. The predicted molar refractivity (Wildman–Crippen MR) is 105 cm³/mol. The molecule has 2 unspecified atom stereocenters. The van der Waals surface area contributed by atoms with Crippen LogP contribution in [-0.2, 0) is 6.54 Å². The van der Waals surface area contributed by atoms with Gasteiger partial charge in [-0.3, -0.25) is 4.79 Å². The Morgan fingerprint density at radius 1 is 1.14 bits per heavy atom. The van der Waals surface area contributed by atoms with Crippen molar-refractivity contribution in [1.82, 2.24) is 19.7 Å². The predicted octanol–water partition coefficient (Wildman–Crippen LogP) is 2.23. The van der Waals surface area contributed by atoms with Gasteiger partial charge in [0.05, 0.1) is 12.2 Å². The fourth-order valence-electron chi connectivity index (χ4n) is 2.29. The maximum atomic E-state index is 14.0. The van der Waals surface area contributed by atoms with Gasteiger partial charge >= 0.3 is 6.01 Å². The van der Waals surface area contributed by atoms with Gasteiger partial charge in [-0.1, -0.05) is 21.4 Å².